The number of hydrogen-bond donors (Lipinski definition) is 2. The van der Waals surface area contributed by atoms with E-state index in [0.29, 0.717) is 0 Å². The van der Waals surface area contributed by atoms with Gasteiger partial charge < -0.3 is 14.9 Å². The maximum atomic E-state index is 10.9. The highest BCUT2D eigenvalue weighted by Gasteiger charge is 2.78. The molecule has 1 spiro atoms. The van der Waals surface area contributed by atoms with Gasteiger partial charge >= 0.3 is 11.9 Å². The first-order valence-electron chi connectivity index (χ1n) is 4.41. The van der Waals surface area contributed by atoms with Crippen LogP contribution < -0.4 is 0 Å². The minimum atomic E-state index is -1.07. The molecule has 1 heterocycles. The monoisotopic (exact) mass is 196 g/mol. The van der Waals surface area contributed by atoms with Crippen LogP contribution in [0.15, 0.2) is 12.2 Å². The minimum Gasteiger partial charge on any atom is -0.481 e. The average molecular weight is 196 g/mol. The largest absolute Gasteiger partial charge is 0.481 e. The fourth-order valence-corrected chi connectivity index (χ4v) is 2.74. The molecule has 2 N–H and O–H groups in total. The first kappa shape index (κ1) is 7.99. The SMILES string of the molecule is O=C(O)C1C(C(=O)O)C2OC23C=CC13. The first-order chi connectivity index (χ1) is 6.58. The lowest BCUT2D eigenvalue weighted by Crippen LogP contribution is -2.37. The number of rotatable bonds is 2. The van der Waals surface area contributed by atoms with Crippen molar-refractivity contribution in [1.82, 2.24) is 0 Å². The van der Waals surface area contributed by atoms with Gasteiger partial charge in [-0.3, -0.25) is 9.59 Å². The summed E-state index contributed by atoms with van der Waals surface area (Å²) in [5.74, 6) is -4.08. The second-order valence-electron chi connectivity index (χ2n) is 4.00. The van der Waals surface area contributed by atoms with Gasteiger partial charge in [0.05, 0.1) is 5.92 Å². The highest BCUT2D eigenvalue weighted by atomic mass is 16.6. The molecule has 2 fully saturated rings. The number of aliphatic carboxylic acids is 2. The lowest BCUT2D eigenvalue weighted by Gasteiger charge is -2.27. The molecule has 5 nitrogen and oxygen atoms in total. The van der Waals surface area contributed by atoms with E-state index < -0.39 is 35.5 Å². The molecule has 0 bridgehead atoms. The van der Waals surface area contributed by atoms with Crippen molar-refractivity contribution in [3.05, 3.63) is 12.2 Å². The van der Waals surface area contributed by atoms with Crippen LogP contribution >= 0.6 is 0 Å². The molecule has 1 saturated heterocycles. The third kappa shape index (κ3) is 0.629. The van der Waals surface area contributed by atoms with Crippen LogP contribution in [0.25, 0.3) is 0 Å². The summed E-state index contributed by atoms with van der Waals surface area (Å²) in [6.45, 7) is 0. The second-order valence-corrected chi connectivity index (χ2v) is 4.00. The molecule has 5 heteroatoms. The molecule has 0 aromatic carbocycles. The van der Waals surface area contributed by atoms with E-state index in [0.717, 1.165) is 0 Å². The van der Waals surface area contributed by atoms with Gasteiger partial charge in [0.15, 0.2) is 0 Å². The number of ether oxygens (including phenoxy) is 1. The summed E-state index contributed by atoms with van der Waals surface area (Å²) in [5, 5.41) is 17.9. The molecule has 0 amide bonds. The summed E-state index contributed by atoms with van der Waals surface area (Å²) < 4.78 is 5.26. The van der Waals surface area contributed by atoms with Gasteiger partial charge in [0.25, 0.3) is 0 Å². The molecule has 5 unspecified atom stereocenters. The summed E-state index contributed by atoms with van der Waals surface area (Å²) in [7, 11) is 0. The molecule has 74 valence electrons. The van der Waals surface area contributed by atoms with Crippen molar-refractivity contribution in [1.29, 1.82) is 0 Å². The fourth-order valence-electron chi connectivity index (χ4n) is 2.74. The van der Waals surface area contributed by atoms with Crippen LogP contribution in [-0.4, -0.2) is 33.9 Å². The summed E-state index contributed by atoms with van der Waals surface area (Å²) in [6.07, 6.45) is 3.10. The van der Waals surface area contributed by atoms with Gasteiger partial charge in [0.1, 0.15) is 17.6 Å². The van der Waals surface area contributed by atoms with Crippen LogP contribution in [-0.2, 0) is 14.3 Å². The third-order valence-electron chi connectivity index (χ3n) is 3.47. The van der Waals surface area contributed by atoms with Crippen LogP contribution in [0, 0.1) is 17.8 Å². The normalized spacial score (nSPS) is 51.7. The number of epoxide rings is 1. The zero-order chi connectivity index (χ0) is 10.1. The van der Waals surface area contributed by atoms with Crippen molar-refractivity contribution in [2.45, 2.75) is 11.7 Å². The molecule has 1 aliphatic heterocycles. The Morgan fingerprint density at radius 1 is 1.21 bits per heavy atom. The minimum absolute atomic E-state index is 0.244. The second kappa shape index (κ2) is 2.00. The quantitative estimate of drug-likeness (QED) is 0.468. The van der Waals surface area contributed by atoms with Crippen LogP contribution in [0.2, 0.25) is 0 Å². The van der Waals surface area contributed by atoms with Crippen LogP contribution in [0.3, 0.4) is 0 Å². The van der Waals surface area contributed by atoms with Gasteiger partial charge in [-0.2, -0.15) is 0 Å². The summed E-state index contributed by atoms with van der Waals surface area (Å²) >= 11 is 0. The van der Waals surface area contributed by atoms with Gasteiger partial charge in [0.2, 0.25) is 0 Å². The maximum absolute atomic E-state index is 10.9. The van der Waals surface area contributed by atoms with E-state index in [1.54, 1.807) is 12.2 Å². The molecule has 14 heavy (non-hydrogen) atoms. The smallest absolute Gasteiger partial charge is 0.310 e. The molecule has 3 aliphatic rings. The Morgan fingerprint density at radius 2 is 1.86 bits per heavy atom. The molecule has 2 aliphatic carbocycles. The number of carboxylic acid groups (broad SMARTS) is 2. The van der Waals surface area contributed by atoms with E-state index in [2.05, 4.69) is 0 Å². The Hall–Kier alpha value is -1.36. The standard InChI is InChI=1S/C9H8O5/c10-7(11)4-3-1-2-9(3)6(14-9)5(4)8(12)13/h1-6H,(H,10,11)(H,12,13). The van der Waals surface area contributed by atoms with Crippen molar-refractivity contribution in [3.8, 4) is 0 Å². The highest BCUT2D eigenvalue weighted by Crippen LogP contribution is 2.65. The maximum Gasteiger partial charge on any atom is 0.310 e. The predicted octanol–water partition coefficient (Wildman–Crippen LogP) is -0.275. The molecular formula is C9H8O5. The topological polar surface area (TPSA) is 87.1 Å². The van der Waals surface area contributed by atoms with E-state index in [1.807, 2.05) is 0 Å². The molecule has 1 saturated carbocycles. The fraction of sp³-hybridized carbons (Fsp3) is 0.556. The predicted molar refractivity (Wildman–Crippen MR) is 42.5 cm³/mol. The summed E-state index contributed by atoms with van der Waals surface area (Å²) in [4.78, 5) is 21.8. The van der Waals surface area contributed by atoms with E-state index in [-0.39, 0.29) is 5.92 Å². The van der Waals surface area contributed by atoms with Crippen molar-refractivity contribution in [3.63, 3.8) is 0 Å². The molecule has 0 aromatic heterocycles. The van der Waals surface area contributed by atoms with Crippen LogP contribution in [0.5, 0.6) is 0 Å². The Kier molecular flexibility index (Phi) is 1.14. The lowest BCUT2D eigenvalue weighted by molar-refractivity contribution is -0.156. The zero-order valence-corrected chi connectivity index (χ0v) is 7.08. The number of carboxylic acids is 2. The molecule has 3 rings (SSSR count). The van der Waals surface area contributed by atoms with Crippen molar-refractivity contribution < 1.29 is 24.5 Å². The summed E-state index contributed by atoms with van der Waals surface area (Å²) in [6, 6.07) is 0. The first-order valence-corrected chi connectivity index (χ1v) is 4.41. The zero-order valence-electron chi connectivity index (χ0n) is 7.08. The molecule has 0 aromatic rings. The Morgan fingerprint density at radius 3 is 2.29 bits per heavy atom. The number of hydrogen-bond acceptors (Lipinski definition) is 3. The van der Waals surface area contributed by atoms with Gasteiger partial charge in [0, 0.05) is 5.92 Å². The molecule has 5 atom stereocenters. The Bertz CT molecular complexity index is 373. The van der Waals surface area contributed by atoms with E-state index in [1.165, 1.54) is 0 Å². The molecule has 0 radical (unpaired) electrons. The number of carbonyl (C=O) groups is 2. The highest BCUT2D eigenvalue weighted by molar-refractivity contribution is 5.84. The summed E-state index contributed by atoms with van der Waals surface area (Å²) in [5.41, 5.74) is -0.536. The molecular weight excluding hydrogens is 188 g/mol. The van der Waals surface area contributed by atoms with Crippen molar-refractivity contribution >= 4 is 11.9 Å². The Labute approximate surface area is 79.0 Å². The van der Waals surface area contributed by atoms with Gasteiger partial charge in [-0.05, 0) is 0 Å². The third-order valence-corrected chi connectivity index (χ3v) is 3.47. The van der Waals surface area contributed by atoms with Gasteiger partial charge in [-0.1, -0.05) is 12.2 Å². The Balaban J connectivity index is 2.00. The van der Waals surface area contributed by atoms with Crippen LogP contribution in [0.4, 0.5) is 0 Å². The van der Waals surface area contributed by atoms with Crippen molar-refractivity contribution in [2.75, 3.05) is 0 Å². The lowest BCUT2D eigenvalue weighted by atomic mass is 9.78. The van der Waals surface area contributed by atoms with Crippen molar-refractivity contribution in [2.24, 2.45) is 17.8 Å². The van der Waals surface area contributed by atoms with Crippen LogP contribution in [0.1, 0.15) is 0 Å². The average Bonchev–Trinajstić information content (AvgIpc) is 2.73. The van der Waals surface area contributed by atoms with E-state index >= 15 is 0 Å². The van der Waals surface area contributed by atoms with Gasteiger partial charge in [-0.15, -0.1) is 0 Å². The van der Waals surface area contributed by atoms with E-state index in [4.69, 9.17) is 14.9 Å². The van der Waals surface area contributed by atoms with Gasteiger partial charge in [-0.25, -0.2) is 0 Å². The van der Waals surface area contributed by atoms with E-state index in [9.17, 15) is 9.59 Å².